The van der Waals surface area contributed by atoms with Gasteiger partial charge in [-0.15, -0.1) is 0 Å². The molecule has 0 aliphatic heterocycles. The van der Waals surface area contributed by atoms with E-state index in [0.29, 0.717) is 21.5 Å². The van der Waals surface area contributed by atoms with E-state index in [4.69, 9.17) is 21.1 Å². The number of nitrogens with one attached hydrogen (secondary N) is 1. The quantitative estimate of drug-likeness (QED) is 0.613. The van der Waals surface area contributed by atoms with Crippen molar-refractivity contribution in [2.24, 2.45) is 0 Å². The third kappa shape index (κ3) is 3.84. The molecule has 8 heteroatoms. The summed E-state index contributed by atoms with van der Waals surface area (Å²) in [4.78, 5) is 42.3. The number of fused-ring (bicyclic) bond motifs is 2. The monoisotopic (exact) mass is 438 g/mol. The van der Waals surface area contributed by atoms with Crippen LogP contribution in [0, 0.1) is 0 Å². The van der Waals surface area contributed by atoms with Crippen molar-refractivity contribution in [2.75, 3.05) is 19.5 Å². The fourth-order valence-corrected chi connectivity index (χ4v) is 4.03. The molecule has 2 aromatic carbocycles. The van der Waals surface area contributed by atoms with Gasteiger partial charge in [-0.25, -0.2) is 9.59 Å². The topological polar surface area (TPSA) is 94.6 Å². The highest BCUT2D eigenvalue weighted by atomic mass is 35.5. The van der Waals surface area contributed by atoms with Crippen molar-refractivity contribution >= 4 is 46.0 Å². The molecule has 3 aromatic rings. The number of aromatic nitrogens is 1. The molecule has 31 heavy (non-hydrogen) atoms. The third-order valence-corrected chi connectivity index (χ3v) is 5.53. The Kier molecular flexibility index (Phi) is 5.61. The third-order valence-electron chi connectivity index (χ3n) is 5.30. The molecule has 1 heterocycles. The number of nitrogens with zero attached hydrogens (tertiary/aromatic N) is 1. The van der Waals surface area contributed by atoms with Crippen LogP contribution < -0.4 is 5.32 Å². The second-order valence-corrected chi connectivity index (χ2v) is 7.56. The summed E-state index contributed by atoms with van der Waals surface area (Å²) in [6.07, 6.45) is 2.41. The van der Waals surface area contributed by atoms with Crippen LogP contribution in [0.4, 0.5) is 5.69 Å². The van der Waals surface area contributed by atoms with Gasteiger partial charge in [-0.1, -0.05) is 11.6 Å². The Hall–Kier alpha value is -3.45. The number of esters is 2. The lowest BCUT2D eigenvalue weighted by atomic mass is 10.00. The smallest absolute Gasteiger partial charge is 0.339 e. The molecule has 0 unspecified atom stereocenters. The molecule has 0 radical (unpaired) electrons. The maximum atomic E-state index is 13.5. The highest BCUT2D eigenvalue weighted by Crippen LogP contribution is 2.32. The number of hydrogen-bond acceptors (Lipinski definition) is 6. The number of aryl methyl sites for hydroxylation is 1. The number of amides is 1. The van der Waals surface area contributed by atoms with Gasteiger partial charge in [0, 0.05) is 16.1 Å². The van der Waals surface area contributed by atoms with Crippen LogP contribution in [-0.2, 0) is 22.3 Å². The second kappa shape index (κ2) is 8.35. The first-order valence-corrected chi connectivity index (χ1v) is 10.0. The number of anilines is 1. The number of pyridine rings is 1. The largest absolute Gasteiger partial charge is 0.465 e. The maximum absolute atomic E-state index is 13.5. The van der Waals surface area contributed by atoms with Gasteiger partial charge in [-0.05, 0) is 61.2 Å². The average Bonchev–Trinajstić information content (AvgIpc) is 3.24. The first kappa shape index (κ1) is 20.8. The Morgan fingerprint density at radius 2 is 1.77 bits per heavy atom. The van der Waals surface area contributed by atoms with Crippen molar-refractivity contribution in [3.8, 4) is 0 Å². The molecule has 1 aliphatic rings. The Morgan fingerprint density at radius 3 is 2.52 bits per heavy atom. The first-order chi connectivity index (χ1) is 14.9. The molecule has 4 rings (SSSR count). The summed E-state index contributed by atoms with van der Waals surface area (Å²) in [7, 11) is 2.50. The minimum absolute atomic E-state index is 0.122. The van der Waals surface area contributed by atoms with Crippen molar-refractivity contribution < 1.29 is 23.9 Å². The normalized spacial score (nSPS) is 12.4. The van der Waals surface area contributed by atoms with E-state index in [1.807, 2.05) is 0 Å². The predicted molar refractivity (Wildman–Crippen MR) is 116 cm³/mol. The molecule has 0 atom stereocenters. The van der Waals surface area contributed by atoms with Crippen molar-refractivity contribution in [2.45, 2.75) is 19.3 Å². The Balaban J connectivity index is 1.84. The fourth-order valence-electron chi connectivity index (χ4n) is 3.86. The van der Waals surface area contributed by atoms with E-state index in [1.54, 1.807) is 18.2 Å². The zero-order valence-corrected chi connectivity index (χ0v) is 17.7. The van der Waals surface area contributed by atoms with E-state index >= 15 is 0 Å². The predicted octanol–water partition coefficient (Wildman–Crippen LogP) is 4.20. The summed E-state index contributed by atoms with van der Waals surface area (Å²) in [5, 5.41) is 3.91. The Morgan fingerprint density at radius 1 is 1.00 bits per heavy atom. The molecule has 1 aromatic heterocycles. The molecule has 1 amide bonds. The highest BCUT2D eigenvalue weighted by molar-refractivity contribution is 6.31. The molecule has 1 aliphatic carbocycles. The van der Waals surface area contributed by atoms with Gasteiger partial charge in [0.25, 0.3) is 5.91 Å². The van der Waals surface area contributed by atoms with E-state index in [1.165, 1.54) is 32.4 Å². The lowest BCUT2D eigenvalue weighted by molar-refractivity contribution is 0.0587. The molecule has 1 N–H and O–H groups in total. The number of halogens is 1. The number of carbonyl (C=O) groups is 3. The van der Waals surface area contributed by atoms with Crippen molar-refractivity contribution in [3.63, 3.8) is 0 Å². The summed E-state index contributed by atoms with van der Waals surface area (Å²) in [6.45, 7) is 0. The van der Waals surface area contributed by atoms with Crippen LogP contribution in [0.2, 0.25) is 5.02 Å². The Labute approximate surface area is 183 Å². The lowest BCUT2D eigenvalue weighted by Gasteiger charge is -2.15. The van der Waals surface area contributed by atoms with Gasteiger partial charge in [0.1, 0.15) is 0 Å². The number of carbonyl (C=O) groups excluding carboxylic acids is 3. The molecule has 0 saturated heterocycles. The van der Waals surface area contributed by atoms with Crippen molar-refractivity contribution in [1.29, 1.82) is 0 Å². The molecular weight excluding hydrogens is 420 g/mol. The number of ether oxygens (including phenoxy) is 2. The summed E-state index contributed by atoms with van der Waals surface area (Å²) >= 11 is 6.19. The highest BCUT2D eigenvalue weighted by Gasteiger charge is 2.25. The number of benzene rings is 2. The maximum Gasteiger partial charge on any atom is 0.339 e. The Bertz CT molecular complexity index is 1240. The van der Waals surface area contributed by atoms with E-state index in [-0.39, 0.29) is 16.8 Å². The number of methoxy groups -OCH3 is 2. The van der Waals surface area contributed by atoms with Gasteiger partial charge in [0.2, 0.25) is 0 Å². The molecule has 0 bridgehead atoms. The zero-order chi connectivity index (χ0) is 22.1. The number of rotatable bonds is 4. The van der Waals surface area contributed by atoms with Gasteiger partial charge in [-0.3, -0.25) is 9.78 Å². The van der Waals surface area contributed by atoms with E-state index in [9.17, 15) is 14.4 Å². The minimum Gasteiger partial charge on any atom is -0.465 e. The van der Waals surface area contributed by atoms with Crippen LogP contribution in [-0.4, -0.2) is 37.0 Å². The summed E-state index contributed by atoms with van der Waals surface area (Å²) < 4.78 is 9.57. The van der Waals surface area contributed by atoms with Crippen LogP contribution in [0.25, 0.3) is 10.9 Å². The molecular formula is C23H19ClN2O5. The second-order valence-electron chi connectivity index (χ2n) is 7.12. The van der Waals surface area contributed by atoms with Crippen LogP contribution in [0.3, 0.4) is 0 Å². The minimum atomic E-state index is -0.639. The zero-order valence-electron chi connectivity index (χ0n) is 17.0. The van der Waals surface area contributed by atoms with Crippen LogP contribution >= 0.6 is 11.6 Å². The lowest BCUT2D eigenvalue weighted by Crippen LogP contribution is -2.19. The molecule has 7 nitrogen and oxygen atoms in total. The van der Waals surface area contributed by atoms with Gasteiger partial charge in [0.05, 0.1) is 42.1 Å². The number of hydrogen-bond donors (Lipinski definition) is 1. The SMILES string of the molecule is COC(=O)c1ccc(C(=O)OC)c(NC(=O)c2c3c(nc4ccc(Cl)cc24)CCC3)c1. The summed E-state index contributed by atoms with van der Waals surface area (Å²) in [6, 6.07) is 9.47. The van der Waals surface area contributed by atoms with Crippen molar-refractivity contribution in [1.82, 2.24) is 4.98 Å². The molecule has 158 valence electrons. The van der Waals surface area contributed by atoms with Crippen LogP contribution in [0.1, 0.15) is 48.8 Å². The van der Waals surface area contributed by atoms with Crippen LogP contribution in [0.5, 0.6) is 0 Å². The van der Waals surface area contributed by atoms with E-state index in [2.05, 4.69) is 10.3 Å². The van der Waals surface area contributed by atoms with E-state index in [0.717, 1.165) is 30.5 Å². The standard InChI is InChI=1S/C23H19ClN2O5/c1-30-22(28)12-6-8-15(23(29)31-2)19(10-12)26-21(27)20-14-4-3-5-17(14)25-18-9-7-13(24)11-16(18)20/h6-11H,3-5H2,1-2H3,(H,26,27). The molecule has 0 spiro atoms. The van der Waals surface area contributed by atoms with Crippen molar-refractivity contribution in [3.05, 3.63) is 69.4 Å². The van der Waals surface area contributed by atoms with Crippen LogP contribution in [0.15, 0.2) is 36.4 Å². The summed E-state index contributed by atoms with van der Waals surface area (Å²) in [5.41, 5.74) is 3.37. The fraction of sp³-hybridized carbons (Fsp3) is 0.217. The van der Waals surface area contributed by atoms with Gasteiger partial charge >= 0.3 is 11.9 Å². The summed E-state index contributed by atoms with van der Waals surface area (Å²) in [5.74, 6) is -1.64. The van der Waals surface area contributed by atoms with Gasteiger partial charge < -0.3 is 14.8 Å². The van der Waals surface area contributed by atoms with Gasteiger partial charge in [-0.2, -0.15) is 0 Å². The molecule has 0 saturated carbocycles. The first-order valence-electron chi connectivity index (χ1n) is 9.66. The molecule has 0 fully saturated rings. The van der Waals surface area contributed by atoms with Gasteiger partial charge in [0.15, 0.2) is 0 Å². The van der Waals surface area contributed by atoms with E-state index < -0.39 is 17.8 Å². The average molecular weight is 439 g/mol.